The fourth-order valence-corrected chi connectivity index (χ4v) is 2.84. The molecule has 1 aromatic rings. The minimum atomic E-state index is -0.145. The van der Waals surface area contributed by atoms with Crippen LogP contribution in [-0.2, 0) is 0 Å². The van der Waals surface area contributed by atoms with Crippen molar-refractivity contribution in [2.45, 2.75) is 51.5 Å². The summed E-state index contributed by atoms with van der Waals surface area (Å²) in [6, 6.07) is 5.23. The van der Waals surface area contributed by atoms with E-state index in [9.17, 15) is 4.39 Å². The minimum Gasteiger partial charge on any atom is -0.324 e. The lowest BCUT2D eigenvalue weighted by Crippen LogP contribution is -2.18. The number of benzene rings is 1. The molecular weight excluding hydrogens is 213 g/mol. The topological polar surface area (TPSA) is 26.0 Å². The zero-order valence-electron chi connectivity index (χ0n) is 10.6. The standard InChI is InChI=1S/C15H22FN/c1-11-7-8-13(14(16)9-11)15(17)10-12-5-3-2-4-6-12/h7-9,12,15H,2-6,10,17H2,1H3. The average molecular weight is 235 g/mol. The highest BCUT2D eigenvalue weighted by Crippen LogP contribution is 2.31. The second-order valence-corrected chi connectivity index (χ2v) is 5.37. The molecule has 1 atom stereocenters. The largest absolute Gasteiger partial charge is 0.324 e. The first-order valence-electron chi connectivity index (χ1n) is 6.68. The molecule has 0 spiro atoms. The summed E-state index contributed by atoms with van der Waals surface area (Å²) >= 11 is 0. The van der Waals surface area contributed by atoms with Crippen LogP contribution in [0.1, 0.15) is 55.7 Å². The summed E-state index contributed by atoms with van der Waals surface area (Å²) in [6.07, 6.45) is 7.44. The molecular formula is C15H22FN. The lowest BCUT2D eigenvalue weighted by atomic mass is 9.83. The molecule has 0 saturated heterocycles. The second-order valence-electron chi connectivity index (χ2n) is 5.37. The fourth-order valence-electron chi connectivity index (χ4n) is 2.84. The molecule has 1 fully saturated rings. The molecule has 0 amide bonds. The van der Waals surface area contributed by atoms with Crippen LogP contribution in [0, 0.1) is 18.7 Å². The number of nitrogens with two attached hydrogens (primary N) is 1. The van der Waals surface area contributed by atoms with E-state index < -0.39 is 0 Å². The molecule has 1 saturated carbocycles. The quantitative estimate of drug-likeness (QED) is 0.838. The van der Waals surface area contributed by atoms with Crippen molar-refractivity contribution in [3.63, 3.8) is 0 Å². The molecule has 2 N–H and O–H groups in total. The van der Waals surface area contributed by atoms with Gasteiger partial charge in [0.1, 0.15) is 5.82 Å². The predicted molar refractivity (Wildman–Crippen MR) is 69.3 cm³/mol. The van der Waals surface area contributed by atoms with Crippen LogP contribution in [0.3, 0.4) is 0 Å². The van der Waals surface area contributed by atoms with E-state index in [-0.39, 0.29) is 11.9 Å². The van der Waals surface area contributed by atoms with Crippen LogP contribution in [0.4, 0.5) is 4.39 Å². The molecule has 0 radical (unpaired) electrons. The van der Waals surface area contributed by atoms with Crippen LogP contribution in [0.25, 0.3) is 0 Å². The van der Waals surface area contributed by atoms with Gasteiger partial charge in [-0.25, -0.2) is 4.39 Å². The highest BCUT2D eigenvalue weighted by molar-refractivity contribution is 5.25. The van der Waals surface area contributed by atoms with Gasteiger partial charge in [0.15, 0.2) is 0 Å². The maximum absolute atomic E-state index is 13.8. The molecule has 17 heavy (non-hydrogen) atoms. The summed E-state index contributed by atoms with van der Waals surface area (Å²) in [5, 5.41) is 0. The van der Waals surface area contributed by atoms with E-state index >= 15 is 0 Å². The Bertz CT molecular complexity index is 369. The van der Waals surface area contributed by atoms with E-state index in [2.05, 4.69) is 0 Å². The zero-order valence-corrected chi connectivity index (χ0v) is 10.6. The number of hydrogen-bond acceptors (Lipinski definition) is 1. The van der Waals surface area contributed by atoms with Gasteiger partial charge in [-0.2, -0.15) is 0 Å². The van der Waals surface area contributed by atoms with Crippen LogP contribution in [0.15, 0.2) is 18.2 Å². The molecule has 1 aromatic carbocycles. The predicted octanol–water partition coefficient (Wildman–Crippen LogP) is 4.10. The van der Waals surface area contributed by atoms with Gasteiger partial charge < -0.3 is 5.73 Å². The molecule has 0 heterocycles. The summed E-state index contributed by atoms with van der Waals surface area (Å²) < 4.78 is 13.8. The Balaban J connectivity index is 2.00. The number of halogens is 1. The van der Waals surface area contributed by atoms with Crippen molar-refractivity contribution in [2.24, 2.45) is 11.7 Å². The van der Waals surface area contributed by atoms with Gasteiger partial charge in [-0.1, -0.05) is 44.2 Å². The molecule has 2 heteroatoms. The van der Waals surface area contributed by atoms with Gasteiger partial charge in [-0.15, -0.1) is 0 Å². The molecule has 94 valence electrons. The van der Waals surface area contributed by atoms with Crippen molar-refractivity contribution in [2.75, 3.05) is 0 Å². The van der Waals surface area contributed by atoms with Gasteiger partial charge in [0.2, 0.25) is 0 Å². The lowest BCUT2D eigenvalue weighted by Gasteiger charge is -2.25. The summed E-state index contributed by atoms with van der Waals surface area (Å²) in [7, 11) is 0. The first-order valence-corrected chi connectivity index (χ1v) is 6.68. The Morgan fingerprint density at radius 2 is 2.00 bits per heavy atom. The Kier molecular flexibility index (Phi) is 4.16. The zero-order chi connectivity index (χ0) is 12.3. The molecule has 0 aromatic heterocycles. The van der Waals surface area contributed by atoms with Crippen LogP contribution < -0.4 is 5.73 Å². The van der Waals surface area contributed by atoms with E-state index in [0.29, 0.717) is 11.5 Å². The Morgan fingerprint density at radius 3 is 2.65 bits per heavy atom. The molecule has 1 aliphatic carbocycles. The van der Waals surface area contributed by atoms with E-state index in [1.165, 1.54) is 32.1 Å². The molecule has 1 unspecified atom stereocenters. The maximum atomic E-state index is 13.8. The Morgan fingerprint density at radius 1 is 1.29 bits per heavy atom. The van der Waals surface area contributed by atoms with Gasteiger partial charge in [0.25, 0.3) is 0 Å². The van der Waals surface area contributed by atoms with Crippen molar-refractivity contribution in [3.05, 3.63) is 35.1 Å². The highest BCUT2D eigenvalue weighted by atomic mass is 19.1. The SMILES string of the molecule is Cc1ccc(C(N)CC2CCCCC2)c(F)c1. The van der Waals surface area contributed by atoms with E-state index in [1.54, 1.807) is 6.07 Å². The van der Waals surface area contributed by atoms with Crippen LogP contribution >= 0.6 is 0 Å². The van der Waals surface area contributed by atoms with Crippen molar-refractivity contribution in [1.82, 2.24) is 0 Å². The number of hydrogen-bond donors (Lipinski definition) is 1. The van der Waals surface area contributed by atoms with E-state index in [4.69, 9.17) is 5.73 Å². The molecule has 0 aliphatic heterocycles. The van der Waals surface area contributed by atoms with Crippen molar-refractivity contribution in [3.8, 4) is 0 Å². The molecule has 1 aliphatic rings. The third-order valence-electron chi connectivity index (χ3n) is 3.87. The van der Waals surface area contributed by atoms with Gasteiger partial charge in [-0.05, 0) is 30.9 Å². The number of aryl methyl sites for hydroxylation is 1. The smallest absolute Gasteiger partial charge is 0.128 e. The van der Waals surface area contributed by atoms with Crippen molar-refractivity contribution < 1.29 is 4.39 Å². The first-order chi connectivity index (χ1) is 8.16. The molecule has 1 nitrogen and oxygen atoms in total. The average Bonchev–Trinajstić information content (AvgIpc) is 2.30. The maximum Gasteiger partial charge on any atom is 0.128 e. The van der Waals surface area contributed by atoms with Crippen LogP contribution in [0.2, 0.25) is 0 Å². The second kappa shape index (κ2) is 5.63. The fraction of sp³-hybridized carbons (Fsp3) is 0.600. The first kappa shape index (κ1) is 12.6. The monoisotopic (exact) mass is 235 g/mol. The van der Waals surface area contributed by atoms with E-state index in [1.807, 2.05) is 19.1 Å². The lowest BCUT2D eigenvalue weighted by molar-refractivity contribution is 0.317. The Labute approximate surface area is 103 Å². The number of rotatable bonds is 3. The summed E-state index contributed by atoms with van der Waals surface area (Å²) in [5.41, 5.74) is 7.77. The van der Waals surface area contributed by atoms with Crippen molar-refractivity contribution >= 4 is 0 Å². The summed E-state index contributed by atoms with van der Waals surface area (Å²) in [4.78, 5) is 0. The van der Waals surface area contributed by atoms with Crippen molar-refractivity contribution in [1.29, 1.82) is 0 Å². The summed E-state index contributed by atoms with van der Waals surface area (Å²) in [6.45, 7) is 1.90. The third kappa shape index (κ3) is 3.29. The molecule has 0 bridgehead atoms. The van der Waals surface area contributed by atoms with Gasteiger partial charge >= 0.3 is 0 Å². The van der Waals surface area contributed by atoms with E-state index in [0.717, 1.165) is 12.0 Å². The molecule has 2 rings (SSSR count). The Hall–Kier alpha value is -0.890. The van der Waals surface area contributed by atoms with Gasteiger partial charge in [0, 0.05) is 11.6 Å². The summed E-state index contributed by atoms with van der Waals surface area (Å²) in [5.74, 6) is 0.549. The minimum absolute atomic E-state index is 0.140. The highest BCUT2D eigenvalue weighted by Gasteiger charge is 2.19. The third-order valence-corrected chi connectivity index (χ3v) is 3.87. The van der Waals surface area contributed by atoms with Crippen LogP contribution in [0.5, 0.6) is 0 Å². The van der Waals surface area contributed by atoms with Crippen LogP contribution in [-0.4, -0.2) is 0 Å². The van der Waals surface area contributed by atoms with Gasteiger partial charge in [0.05, 0.1) is 0 Å². The normalized spacial score (nSPS) is 19.2. The van der Waals surface area contributed by atoms with Gasteiger partial charge in [-0.3, -0.25) is 0 Å².